The Bertz CT molecular complexity index is 515. The van der Waals surface area contributed by atoms with Crippen molar-refractivity contribution >= 4 is 29.5 Å². The first-order valence-electron chi connectivity index (χ1n) is 10.2. The highest BCUT2D eigenvalue weighted by atomic mass is 32.2. The summed E-state index contributed by atoms with van der Waals surface area (Å²) in [6.07, 6.45) is 2.03. The summed E-state index contributed by atoms with van der Waals surface area (Å²) in [7, 11) is 1.39. The Hall–Kier alpha value is -1.24. The van der Waals surface area contributed by atoms with Crippen LogP contribution in [0.25, 0.3) is 0 Å². The zero-order valence-corrected chi connectivity index (χ0v) is 19.9. The third-order valence-corrected chi connectivity index (χ3v) is 5.80. The van der Waals surface area contributed by atoms with Crippen molar-refractivity contribution in [3.63, 3.8) is 0 Å². The van der Waals surface area contributed by atoms with E-state index in [0.717, 1.165) is 5.75 Å². The van der Waals surface area contributed by atoms with Gasteiger partial charge in [-0.15, -0.1) is 0 Å². The number of nitrogens with zero attached hydrogens (tertiary/aromatic N) is 2. The SMILES string of the molecule is CCC(=O)N(CCC(C)(C)N(CCSCCC(=O)OC)C(=O)CC)C(C)(C)C. The van der Waals surface area contributed by atoms with Crippen molar-refractivity contribution < 1.29 is 19.1 Å². The second-order valence-corrected chi connectivity index (χ2v) is 9.69. The molecule has 0 aromatic rings. The fraction of sp³-hybridized carbons (Fsp3) is 0.857. The Kier molecular flexibility index (Phi) is 11.8. The van der Waals surface area contributed by atoms with Gasteiger partial charge in [0, 0.05) is 48.5 Å². The molecule has 0 rings (SSSR count). The number of carbonyl (C=O) groups excluding carboxylic acids is 3. The van der Waals surface area contributed by atoms with Crippen LogP contribution < -0.4 is 0 Å². The Morgan fingerprint density at radius 2 is 1.39 bits per heavy atom. The van der Waals surface area contributed by atoms with Gasteiger partial charge in [-0.1, -0.05) is 13.8 Å². The normalized spacial score (nSPS) is 11.9. The van der Waals surface area contributed by atoms with Crippen LogP contribution in [0.3, 0.4) is 0 Å². The zero-order valence-electron chi connectivity index (χ0n) is 19.1. The predicted molar refractivity (Wildman–Crippen MR) is 116 cm³/mol. The molecule has 0 fully saturated rings. The maximum atomic E-state index is 12.6. The lowest BCUT2D eigenvalue weighted by Gasteiger charge is -2.42. The Morgan fingerprint density at radius 1 is 0.857 bits per heavy atom. The third kappa shape index (κ3) is 9.30. The fourth-order valence-corrected chi connectivity index (χ4v) is 3.84. The molecule has 0 heterocycles. The Balaban J connectivity index is 4.95. The van der Waals surface area contributed by atoms with Crippen molar-refractivity contribution in [3.05, 3.63) is 0 Å². The number of thioether (sulfide) groups is 1. The summed E-state index contributed by atoms with van der Waals surface area (Å²) in [5.74, 6) is 1.49. The molecule has 0 saturated heterocycles. The smallest absolute Gasteiger partial charge is 0.306 e. The van der Waals surface area contributed by atoms with Crippen LogP contribution in [0.15, 0.2) is 0 Å². The quantitative estimate of drug-likeness (QED) is 0.358. The largest absolute Gasteiger partial charge is 0.469 e. The van der Waals surface area contributed by atoms with Gasteiger partial charge in [0.25, 0.3) is 0 Å². The summed E-state index contributed by atoms with van der Waals surface area (Å²) in [5, 5.41) is 0. The van der Waals surface area contributed by atoms with Crippen LogP contribution >= 0.6 is 11.8 Å². The molecule has 0 radical (unpaired) electrons. The van der Waals surface area contributed by atoms with Crippen molar-refractivity contribution in [2.75, 3.05) is 31.7 Å². The molecule has 0 spiro atoms. The summed E-state index contributed by atoms with van der Waals surface area (Å²) in [5.41, 5.74) is -0.597. The molecule has 0 atom stereocenters. The highest BCUT2D eigenvalue weighted by Crippen LogP contribution is 2.24. The molecular formula is C21H40N2O4S. The van der Waals surface area contributed by atoms with Crippen LogP contribution in [-0.4, -0.2) is 70.4 Å². The highest BCUT2D eigenvalue weighted by Gasteiger charge is 2.33. The number of hydrogen-bond acceptors (Lipinski definition) is 5. The first-order valence-corrected chi connectivity index (χ1v) is 11.3. The van der Waals surface area contributed by atoms with E-state index in [-0.39, 0.29) is 28.9 Å². The number of hydrogen-bond donors (Lipinski definition) is 0. The molecule has 6 nitrogen and oxygen atoms in total. The molecule has 164 valence electrons. The minimum Gasteiger partial charge on any atom is -0.469 e. The zero-order chi connectivity index (χ0) is 22.0. The van der Waals surface area contributed by atoms with Crippen molar-refractivity contribution in [3.8, 4) is 0 Å². The van der Waals surface area contributed by atoms with E-state index in [9.17, 15) is 14.4 Å². The van der Waals surface area contributed by atoms with Gasteiger partial charge in [-0.2, -0.15) is 11.8 Å². The van der Waals surface area contributed by atoms with E-state index in [0.29, 0.717) is 44.5 Å². The number of carbonyl (C=O) groups is 3. The van der Waals surface area contributed by atoms with Gasteiger partial charge in [-0.3, -0.25) is 14.4 Å². The lowest BCUT2D eigenvalue weighted by Crippen LogP contribution is -2.53. The van der Waals surface area contributed by atoms with Gasteiger partial charge in [0.1, 0.15) is 0 Å². The molecule has 2 amide bonds. The van der Waals surface area contributed by atoms with Gasteiger partial charge in [0.05, 0.1) is 13.5 Å². The maximum Gasteiger partial charge on any atom is 0.306 e. The first-order chi connectivity index (χ1) is 12.9. The predicted octanol–water partition coefficient (Wildman–Crippen LogP) is 3.73. The Morgan fingerprint density at radius 3 is 1.86 bits per heavy atom. The average Bonchev–Trinajstić information content (AvgIpc) is 2.62. The van der Waals surface area contributed by atoms with E-state index in [1.54, 1.807) is 11.8 Å². The van der Waals surface area contributed by atoms with Gasteiger partial charge in [0.15, 0.2) is 0 Å². The summed E-state index contributed by atoms with van der Waals surface area (Å²) in [6, 6.07) is 0. The fourth-order valence-electron chi connectivity index (χ4n) is 3.02. The Labute approximate surface area is 175 Å². The number of rotatable bonds is 12. The first kappa shape index (κ1) is 26.8. The van der Waals surface area contributed by atoms with Crippen LogP contribution in [0, 0.1) is 0 Å². The van der Waals surface area contributed by atoms with Crippen LogP contribution in [0.5, 0.6) is 0 Å². The topological polar surface area (TPSA) is 66.9 Å². The monoisotopic (exact) mass is 416 g/mol. The lowest BCUT2D eigenvalue weighted by atomic mass is 9.95. The molecule has 0 aliphatic rings. The highest BCUT2D eigenvalue weighted by molar-refractivity contribution is 7.99. The molecule has 0 bridgehead atoms. The summed E-state index contributed by atoms with van der Waals surface area (Å²) in [6.45, 7) is 15.3. The van der Waals surface area contributed by atoms with Gasteiger partial charge in [0.2, 0.25) is 11.8 Å². The molecule has 0 aliphatic carbocycles. The van der Waals surface area contributed by atoms with E-state index in [1.807, 2.05) is 44.4 Å². The van der Waals surface area contributed by atoms with Crippen molar-refractivity contribution in [1.29, 1.82) is 0 Å². The van der Waals surface area contributed by atoms with Gasteiger partial charge in [-0.25, -0.2) is 0 Å². The molecular weight excluding hydrogens is 376 g/mol. The minimum absolute atomic E-state index is 0.114. The van der Waals surface area contributed by atoms with E-state index in [1.165, 1.54) is 7.11 Å². The van der Waals surface area contributed by atoms with E-state index < -0.39 is 0 Å². The van der Waals surface area contributed by atoms with Crippen LogP contribution in [0.1, 0.15) is 74.1 Å². The van der Waals surface area contributed by atoms with Crippen LogP contribution in [0.4, 0.5) is 0 Å². The number of ether oxygens (including phenoxy) is 1. The van der Waals surface area contributed by atoms with Crippen molar-refractivity contribution in [2.45, 2.75) is 85.2 Å². The average molecular weight is 417 g/mol. The second kappa shape index (κ2) is 12.3. The molecule has 0 unspecified atom stereocenters. The van der Waals surface area contributed by atoms with Gasteiger partial charge < -0.3 is 14.5 Å². The maximum absolute atomic E-state index is 12.6. The molecule has 0 aromatic heterocycles. The van der Waals surface area contributed by atoms with Crippen molar-refractivity contribution in [1.82, 2.24) is 9.80 Å². The molecule has 0 aromatic carbocycles. The van der Waals surface area contributed by atoms with E-state index in [4.69, 9.17) is 0 Å². The standard InChI is InChI=1S/C21H40N2O4S/c1-9-17(24)22(20(3,4)5)13-12-21(6,7)23(18(25)10-2)14-16-28-15-11-19(26)27-8/h9-16H2,1-8H3. The third-order valence-electron chi connectivity index (χ3n) is 4.83. The molecule has 28 heavy (non-hydrogen) atoms. The van der Waals surface area contributed by atoms with Gasteiger partial charge >= 0.3 is 5.97 Å². The van der Waals surface area contributed by atoms with Crippen LogP contribution in [-0.2, 0) is 19.1 Å². The minimum atomic E-state index is -0.354. The van der Waals surface area contributed by atoms with Crippen LogP contribution in [0.2, 0.25) is 0 Å². The molecule has 0 saturated carbocycles. The lowest BCUT2D eigenvalue weighted by molar-refractivity contribution is -0.140. The summed E-state index contributed by atoms with van der Waals surface area (Å²) >= 11 is 1.65. The van der Waals surface area contributed by atoms with Gasteiger partial charge in [-0.05, 0) is 41.0 Å². The van der Waals surface area contributed by atoms with Crippen molar-refractivity contribution in [2.24, 2.45) is 0 Å². The van der Waals surface area contributed by atoms with E-state index >= 15 is 0 Å². The summed E-state index contributed by atoms with van der Waals surface area (Å²) < 4.78 is 4.65. The second-order valence-electron chi connectivity index (χ2n) is 8.47. The van der Waals surface area contributed by atoms with E-state index in [2.05, 4.69) is 18.6 Å². The number of amides is 2. The summed E-state index contributed by atoms with van der Waals surface area (Å²) in [4.78, 5) is 40.0. The number of esters is 1. The molecule has 0 aliphatic heterocycles. The molecule has 0 N–H and O–H groups in total. The molecule has 7 heteroatoms. The number of methoxy groups -OCH3 is 1.